The van der Waals surface area contributed by atoms with E-state index in [1.807, 2.05) is 0 Å². The number of para-hydroxylation sites is 1. The predicted molar refractivity (Wildman–Crippen MR) is 114 cm³/mol. The van der Waals surface area contributed by atoms with Crippen molar-refractivity contribution in [3.05, 3.63) is 60.3 Å². The highest BCUT2D eigenvalue weighted by Crippen LogP contribution is 2.41. The number of hydrogen-bond acceptors (Lipinski definition) is 6. The Bertz CT molecular complexity index is 968. The van der Waals surface area contributed by atoms with Gasteiger partial charge in [-0.05, 0) is 24.1 Å². The number of methoxy groups -OCH3 is 1. The lowest BCUT2D eigenvalue weighted by molar-refractivity contribution is -0.123. The van der Waals surface area contributed by atoms with Gasteiger partial charge in [-0.3, -0.25) is 9.59 Å². The van der Waals surface area contributed by atoms with Crippen LogP contribution in [-0.2, 0) is 9.53 Å². The lowest BCUT2D eigenvalue weighted by Crippen LogP contribution is -2.50. The zero-order chi connectivity index (χ0) is 22.7. The number of allylic oxidation sites excluding steroid dienone is 1. The van der Waals surface area contributed by atoms with Crippen LogP contribution >= 0.6 is 0 Å². The SMILES string of the molecule is C=CCOC(=O)N1c2c(OC)cccc2C(=O)N2C=C(/C=C/C(=O)N(C)C)C[C@H]2[C@H]1O. The Kier molecular flexibility index (Phi) is 6.45. The number of nitrogens with zero attached hydrogens (tertiary/aromatic N) is 3. The summed E-state index contributed by atoms with van der Waals surface area (Å²) >= 11 is 0. The van der Waals surface area contributed by atoms with Crippen LogP contribution in [0.3, 0.4) is 0 Å². The van der Waals surface area contributed by atoms with E-state index in [1.54, 1.807) is 44.6 Å². The second-order valence-electron chi connectivity index (χ2n) is 7.26. The number of benzene rings is 1. The summed E-state index contributed by atoms with van der Waals surface area (Å²) in [7, 11) is 4.68. The maximum Gasteiger partial charge on any atom is 0.416 e. The van der Waals surface area contributed by atoms with Crippen molar-refractivity contribution in [3.8, 4) is 5.75 Å². The van der Waals surface area contributed by atoms with Crippen LogP contribution in [0.25, 0.3) is 0 Å². The minimum absolute atomic E-state index is 0.0618. The van der Waals surface area contributed by atoms with Crippen LogP contribution in [-0.4, -0.2) is 72.9 Å². The summed E-state index contributed by atoms with van der Waals surface area (Å²) in [5, 5.41) is 11.2. The number of aliphatic hydroxyl groups is 1. The van der Waals surface area contributed by atoms with E-state index in [0.29, 0.717) is 5.57 Å². The van der Waals surface area contributed by atoms with Crippen molar-refractivity contribution in [2.24, 2.45) is 0 Å². The number of fused-ring (bicyclic) bond motifs is 2. The summed E-state index contributed by atoms with van der Waals surface area (Å²) in [5.41, 5.74) is 0.986. The number of likely N-dealkylation sites (N-methyl/N-ethyl adjacent to an activating group) is 1. The van der Waals surface area contributed by atoms with E-state index in [-0.39, 0.29) is 35.9 Å². The average Bonchev–Trinajstić information content (AvgIpc) is 3.16. The molecule has 0 aromatic heterocycles. The first kappa shape index (κ1) is 22.1. The first-order valence-electron chi connectivity index (χ1n) is 9.64. The van der Waals surface area contributed by atoms with Gasteiger partial charge in [0.1, 0.15) is 18.0 Å². The Morgan fingerprint density at radius 1 is 1.35 bits per heavy atom. The summed E-state index contributed by atoms with van der Waals surface area (Å²) in [6.45, 7) is 3.46. The maximum absolute atomic E-state index is 13.3. The monoisotopic (exact) mass is 427 g/mol. The van der Waals surface area contributed by atoms with Crippen LogP contribution < -0.4 is 9.64 Å². The van der Waals surface area contributed by atoms with Gasteiger partial charge in [0.15, 0.2) is 6.23 Å². The smallest absolute Gasteiger partial charge is 0.416 e. The summed E-state index contributed by atoms with van der Waals surface area (Å²) in [4.78, 5) is 41.9. The lowest BCUT2D eigenvalue weighted by Gasteiger charge is -2.31. The summed E-state index contributed by atoms with van der Waals surface area (Å²) in [5.74, 6) is -0.360. The molecular formula is C22H25N3O6. The van der Waals surface area contributed by atoms with E-state index in [1.165, 1.54) is 29.1 Å². The fourth-order valence-electron chi connectivity index (χ4n) is 3.51. The van der Waals surface area contributed by atoms with E-state index in [2.05, 4.69) is 6.58 Å². The van der Waals surface area contributed by atoms with Gasteiger partial charge in [0.25, 0.3) is 5.91 Å². The average molecular weight is 427 g/mol. The zero-order valence-corrected chi connectivity index (χ0v) is 17.6. The number of hydrogen-bond donors (Lipinski definition) is 1. The molecule has 0 radical (unpaired) electrons. The zero-order valence-electron chi connectivity index (χ0n) is 17.6. The molecule has 2 aliphatic rings. The molecule has 1 aromatic rings. The van der Waals surface area contributed by atoms with Crippen molar-refractivity contribution in [3.63, 3.8) is 0 Å². The third-order valence-electron chi connectivity index (χ3n) is 5.04. The molecular weight excluding hydrogens is 402 g/mol. The van der Waals surface area contributed by atoms with Crippen LogP contribution in [0.2, 0.25) is 0 Å². The van der Waals surface area contributed by atoms with Crippen molar-refractivity contribution in [1.29, 1.82) is 0 Å². The number of aliphatic hydroxyl groups excluding tert-OH is 1. The van der Waals surface area contributed by atoms with Crippen molar-refractivity contribution in [1.82, 2.24) is 9.80 Å². The van der Waals surface area contributed by atoms with Crippen molar-refractivity contribution in [2.75, 3.05) is 32.7 Å². The van der Waals surface area contributed by atoms with Crippen LogP contribution in [0.1, 0.15) is 16.8 Å². The van der Waals surface area contributed by atoms with E-state index < -0.39 is 24.3 Å². The summed E-state index contributed by atoms with van der Waals surface area (Å²) in [6, 6.07) is 4.02. The Hall–Kier alpha value is -3.59. The molecule has 1 N–H and O–H groups in total. The fraction of sp³-hybridized carbons (Fsp3) is 0.318. The Morgan fingerprint density at radius 3 is 2.74 bits per heavy atom. The third kappa shape index (κ3) is 4.17. The lowest BCUT2D eigenvalue weighted by atomic mass is 10.1. The van der Waals surface area contributed by atoms with Gasteiger partial charge in [0.05, 0.1) is 18.7 Å². The van der Waals surface area contributed by atoms with E-state index in [4.69, 9.17) is 9.47 Å². The van der Waals surface area contributed by atoms with E-state index in [9.17, 15) is 19.5 Å². The highest BCUT2D eigenvalue weighted by molar-refractivity contribution is 6.07. The number of anilines is 1. The number of ether oxygens (including phenoxy) is 2. The molecule has 1 aromatic carbocycles. The van der Waals surface area contributed by atoms with E-state index in [0.717, 1.165) is 4.90 Å². The second-order valence-corrected chi connectivity index (χ2v) is 7.26. The number of carbonyl (C=O) groups excluding carboxylic acids is 3. The van der Waals surface area contributed by atoms with Crippen LogP contribution in [0.15, 0.2) is 54.8 Å². The fourth-order valence-corrected chi connectivity index (χ4v) is 3.51. The molecule has 2 atom stereocenters. The van der Waals surface area contributed by atoms with Crippen LogP contribution in [0.5, 0.6) is 5.75 Å². The van der Waals surface area contributed by atoms with Crippen LogP contribution in [0, 0.1) is 0 Å². The molecule has 3 amide bonds. The normalized spacial score (nSPS) is 20.0. The van der Waals surface area contributed by atoms with Crippen molar-refractivity contribution < 1.29 is 29.0 Å². The largest absolute Gasteiger partial charge is 0.495 e. The first-order chi connectivity index (χ1) is 14.8. The molecule has 0 bridgehead atoms. The first-order valence-corrected chi connectivity index (χ1v) is 9.64. The molecule has 164 valence electrons. The molecule has 0 saturated heterocycles. The van der Waals surface area contributed by atoms with Crippen molar-refractivity contribution >= 4 is 23.6 Å². The number of amides is 3. The number of carbonyl (C=O) groups is 3. The van der Waals surface area contributed by atoms with Gasteiger partial charge in [-0.15, -0.1) is 0 Å². The molecule has 3 rings (SSSR count). The molecule has 0 fully saturated rings. The van der Waals surface area contributed by atoms with Gasteiger partial charge in [0.2, 0.25) is 5.91 Å². The summed E-state index contributed by atoms with van der Waals surface area (Å²) in [6.07, 6.45) is 3.98. The molecule has 0 spiro atoms. The standard InChI is InChI=1S/C22H25N3O6/c1-5-11-31-22(29)25-19-15(7-6-8-17(19)30-4)20(27)24-13-14(12-16(24)21(25)28)9-10-18(26)23(2)3/h5-10,13,16,21,28H,1,11-12H2,2-4H3/b10-9+/t16-,21+/m0/s1. The Morgan fingerprint density at radius 2 is 2.10 bits per heavy atom. The molecule has 2 heterocycles. The van der Waals surface area contributed by atoms with E-state index >= 15 is 0 Å². The van der Waals surface area contributed by atoms with Gasteiger partial charge in [0, 0.05) is 26.4 Å². The van der Waals surface area contributed by atoms with Gasteiger partial charge >= 0.3 is 6.09 Å². The van der Waals surface area contributed by atoms with Crippen LogP contribution in [0.4, 0.5) is 10.5 Å². The van der Waals surface area contributed by atoms with Gasteiger partial charge < -0.3 is 24.4 Å². The van der Waals surface area contributed by atoms with Crippen molar-refractivity contribution in [2.45, 2.75) is 18.7 Å². The Labute approximate surface area is 180 Å². The predicted octanol–water partition coefficient (Wildman–Crippen LogP) is 1.90. The van der Waals surface area contributed by atoms with Gasteiger partial charge in [-0.2, -0.15) is 0 Å². The third-order valence-corrected chi connectivity index (χ3v) is 5.04. The Balaban J connectivity index is 2.05. The molecule has 9 nitrogen and oxygen atoms in total. The highest BCUT2D eigenvalue weighted by atomic mass is 16.6. The molecule has 31 heavy (non-hydrogen) atoms. The highest BCUT2D eigenvalue weighted by Gasteiger charge is 2.45. The summed E-state index contributed by atoms with van der Waals surface area (Å²) < 4.78 is 10.5. The number of rotatable bonds is 5. The maximum atomic E-state index is 13.3. The molecule has 0 unspecified atom stereocenters. The minimum Gasteiger partial charge on any atom is -0.495 e. The quantitative estimate of drug-likeness (QED) is 0.569. The molecule has 0 aliphatic carbocycles. The van der Waals surface area contributed by atoms with Gasteiger partial charge in [-0.1, -0.05) is 24.8 Å². The second kappa shape index (κ2) is 9.05. The minimum atomic E-state index is -1.41. The molecule has 0 saturated carbocycles. The topological polar surface area (TPSA) is 99.6 Å². The molecule has 9 heteroatoms. The van der Waals surface area contributed by atoms with Gasteiger partial charge in [-0.25, -0.2) is 9.69 Å². The molecule has 2 aliphatic heterocycles.